The van der Waals surface area contributed by atoms with E-state index in [0.717, 1.165) is 27.1 Å². The Morgan fingerprint density at radius 2 is 2.00 bits per heavy atom. The summed E-state index contributed by atoms with van der Waals surface area (Å²) in [6.45, 7) is 2.68. The first-order valence-electron chi connectivity index (χ1n) is 5.66. The maximum atomic E-state index is 5.08. The van der Waals surface area contributed by atoms with Crippen molar-refractivity contribution in [2.24, 2.45) is 0 Å². The number of nitrogens with zero attached hydrogens (tertiary/aromatic N) is 1. The van der Waals surface area contributed by atoms with Crippen LogP contribution in [-0.4, -0.2) is 12.1 Å². The Bertz CT molecular complexity index is 526. The standard InChI is InChI=1S/C14H15BrN2O/c1-10-7-14(16-8-13(10)15)17-12-5-3-11(4-6-12)9-18-2/h3-8H,9H2,1-2H3,(H,16,17). The SMILES string of the molecule is COCc1ccc(Nc2cc(C)c(Br)cn2)cc1. The second-order valence-corrected chi connectivity index (χ2v) is 4.93. The average molecular weight is 307 g/mol. The van der Waals surface area contributed by atoms with Gasteiger partial charge in [-0.25, -0.2) is 4.98 Å². The molecule has 2 rings (SSSR count). The van der Waals surface area contributed by atoms with Crippen LogP contribution in [0.2, 0.25) is 0 Å². The van der Waals surface area contributed by atoms with Crippen molar-refractivity contribution in [1.29, 1.82) is 0 Å². The molecular formula is C14H15BrN2O. The minimum Gasteiger partial charge on any atom is -0.380 e. The van der Waals surface area contributed by atoms with Gasteiger partial charge in [-0.3, -0.25) is 0 Å². The lowest BCUT2D eigenvalue weighted by atomic mass is 10.2. The molecule has 1 heterocycles. The van der Waals surface area contributed by atoms with E-state index in [-0.39, 0.29) is 0 Å². The number of hydrogen-bond acceptors (Lipinski definition) is 3. The van der Waals surface area contributed by atoms with Crippen LogP contribution in [0.25, 0.3) is 0 Å². The van der Waals surface area contributed by atoms with Crippen LogP contribution in [0.15, 0.2) is 41.0 Å². The fraction of sp³-hybridized carbons (Fsp3) is 0.214. The monoisotopic (exact) mass is 306 g/mol. The van der Waals surface area contributed by atoms with Crippen molar-refractivity contribution >= 4 is 27.4 Å². The maximum Gasteiger partial charge on any atom is 0.130 e. The third-order valence-corrected chi connectivity index (χ3v) is 3.41. The Balaban J connectivity index is 2.10. The highest BCUT2D eigenvalue weighted by molar-refractivity contribution is 9.10. The van der Waals surface area contributed by atoms with Gasteiger partial charge in [-0.15, -0.1) is 0 Å². The molecule has 94 valence electrons. The second-order valence-electron chi connectivity index (χ2n) is 4.07. The first kappa shape index (κ1) is 13.1. The van der Waals surface area contributed by atoms with Gasteiger partial charge < -0.3 is 10.1 Å². The molecule has 1 aromatic heterocycles. The van der Waals surface area contributed by atoms with E-state index < -0.39 is 0 Å². The smallest absolute Gasteiger partial charge is 0.130 e. The van der Waals surface area contributed by atoms with Gasteiger partial charge in [0.15, 0.2) is 0 Å². The van der Waals surface area contributed by atoms with Gasteiger partial charge >= 0.3 is 0 Å². The molecule has 0 saturated carbocycles. The molecule has 0 fully saturated rings. The van der Waals surface area contributed by atoms with E-state index in [0.29, 0.717) is 6.61 Å². The van der Waals surface area contributed by atoms with Crippen molar-refractivity contribution in [2.45, 2.75) is 13.5 Å². The summed E-state index contributed by atoms with van der Waals surface area (Å²) in [5.41, 5.74) is 3.33. The van der Waals surface area contributed by atoms with Gasteiger partial charge in [0.25, 0.3) is 0 Å². The quantitative estimate of drug-likeness (QED) is 0.925. The molecule has 0 spiro atoms. The number of ether oxygens (including phenoxy) is 1. The lowest BCUT2D eigenvalue weighted by Gasteiger charge is -2.08. The maximum absolute atomic E-state index is 5.08. The molecule has 0 saturated heterocycles. The predicted molar refractivity (Wildman–Crippen MR) is 77.1 cm³/mol. The van der Waals surface area contributed by atoms with Gasteiger partial charge in [0.2, 0.25) is 0 Å². The third kappa shape index (κ3) is 3.31. The van der Waals surface area contributed by atoms with Gasteiger partial charge in [0.1, 0.15) is 5.82 Å². The van der Waals surface area contributed by atoms with E-state index in [1.54, 1.807) is 13.3 Å². The molecule has 0 radical (unpaired) electrons. The molecular weight excluding hydrogens is 292 g/mol. The average Bonchev–Trinajstić information content (AvgIpc) is 2.37. The van der Waals surface area contributed by atoms with Gasteiger partial charge in [-0.2, -0.15) is 0 Å². The number of methoxy groups -OCH3 is 1. The zero-order chi connectivity index (χ0) is 13.0. The minimum atomic E-state index is 0.635. The zero-order valence-corrected chi connectivity index (χ0v) is 12.0. The van der Waals surface area contributed by atoms with Gasteiger partial charge in [-0.1, -0.05) is 12.1 Å². The molecule has 0 amide bonds. The molecule has 1 aromatic carbocycles. The molecule has 0 aliphatic carbocycles. The number of aromatic nitrogens is 1. The summed E-state index contributed by atoms with van der Waals surface area (Å²) in [5.74, 6) is 0.843. The van der Waals surface area contributed by atoms with Crippen molar-refractivity contribution in [3.05, 3.63) is 52.1 Å². The Labute approximate surface area is 115 Å². The van der Waals surface area contributed by atoms with Crippen LogP contribution in [0.1, 0.15) is 11.1 Å². The summed E-state index contributed by atoms with van der Waals surface area (Å²) in [6, 6.07) is 10.1. The van der Waals surface area contributed by atoms with E-state index in [4.69, 9.17) is 4.74 Å². The van der Waals surface area contributed by atoms with Crippen molar-refractivity contribution in [1.82, 2.24) is 4.98 Å². The molecule has 0 bridgehead atoms. The highest BCUT2D eigenvalue weighted by atomic mass is 79.9. The van der Waals surface area contributed by atoms with Crippen LogP contribution in [0.5, 0.6) is 0 Å². The molecule has 0 atom stereocenters. The van der Waals surface area contributed by atoms with E-state index >= 15 is 0 Å². The summed E-state index contributed by atoms with van der Waals surface area (Å²) in [6.07, 6.45) is 1.80. The second kappa shape index (κ2) is 5.98. The van der Waals surface area contributed by atoms with Crippen LogP contribution in [-0.2, 0) is 11.3 Å². The normalized spacial score (nSPS) is 10.4. The summed E-state index contributed by atoms with van der Waals surface area (Å²) in [4.78, 5) is 4.31. The first-order chi connectivity index (χ1) is 8.69. The van der Waals surface area contributed by atoms with Crippen LogP contribution >= 0.6 is 15.9 Å². The van der Waals surface area contributed by atoms with E-state index in [1.165, 1.54) is 0 Å². The molecule has 4 heteroatoms. The Morgan fingerprint density at radius 3 is 2.61 bits per heavy atom. The predicted octanol–water partition coefficient (Wildman–Crippen LogP) is 4.04. The van der Waals surface area contributed by atoms with Gasteiger partial charge in [0, 0.05) is 23.5 Å². The Hall–Kier alpha value is -1.39. The number of aryl methyl sites for hydroxylation is 1. The molecule has 0 aliphatic rings. The van der Waals surface area contributed by atoms with Crippen molar-refractivity contribution in [3.63, 3.8) is 0 Å². The summed E-state index contributed by atoms with van der Waals surface area (Å²) in [5, 5.41) is 3.27. The minimum absolute atomic E-state index is 0.635. The highest BCUT2D eigenvalue weighted by Crippen LogP contribution is 2.20. The molecule has 3 nitrogen and oxygen atoms in total. The van der Waals surface area contributed by atoms with Gasteiger partial charge in [-0.05, 0) is 52.2 Å². The van der Waals surface area contributed by atoms with Crippen LogP contribution < -0.4 is 5.32 Å². The molecule has 0 unspecified atom stereocenters. The lowest BCUT2D eigenvalue weighted by molar-refractivity contribution is 0.185. The van der Waals surface area contributed by atoms with E-state index in [1.807, 2.05) is 37.3 Å². The number of anilines is 2. The fourth-order valence-corrected chi connectivity index (χ4v) is 1.82. The number of nitrogens with one attached hydrogen (secondary N) is 1. The number of pyridine rings is 1. The van der Waals surface area contributed by atoms with Crippen LogP contribution in [0.4, 0.5) is 11.5 Å². The summed E-state index contributed by atoms with van der Waals surface area (Å²) in [7, 11) is 1.70. The summed E-state index contributed by atoms with van der Waals surface area (Å²) < 4.78 is 6.09. The largest absolute Gasteiger partial charge is 0.380 e. The van der Waals surface area contributed by atoms with E-state index in [9.17, 15) is 0 Å². The number of rotatable bonds is 4. The van der Waals surface area contributed by atoms with Crippen molar-refractivity contribution in [2.75, 3.05) is 12.4 Å². The zero-order valence-electron chi connectivity index (χ0n) is 10.4. The number of halogens is 1. The number of benzene rings is 1. The van der Waals surface area contributed by atoms with Crippen LogP contribution in [0.3, 0.4) is 0 Å². The number of hydrogen-bond donors (Lipinski definition) is 1. The van der Waals surface area contributed by atoms with Crippen LogP contribution in [0, 0.1) is 6.92 Å². The molecule has 0 aliphatic heterocycles. The Kier molecular flexibility index (Phi) is 4.33. The fourth-order valence-electron chi connectivity index (χ4n) is 1.61. The first-order valence-corrected chi connectivity index (χ1v) is 6.45. The Morgan fingerprint density at radius 1 is 1.28 bits per heavy atom. The van der Waals surface area contributed by atoms with Crippen molar-refractivity contribution in [3.8, 4) is 0 Å². The van der Waals surface area contributed by atoms with E-state index in [2.05, 4.69) is 26.2 Å². The molecule has 2 aromatic rings. The summed E-state index contributed by atoms with van der Waals surface area (Å²) >= 11 is 3.44. The van der Waals surface area contributed by atoms with Crippen molar-refractivity contribution < 1.29 is 4.74 Å². The third-order valence-electron chi connectivity index (χ3n) is 2.58. The van der Waals surface area contributed by atoms with Gasteiger partial charge in [0.05, 0.1) is 6.61 Å². The highest BCUT2D eigenvalue weighted by Gasteiger charge is 2.00. The topological polar surface area (TPSA) is 34.1 Å². The molecule has 1 N–H and O–H groups in total. The lowest BCUT2D eigenvalue weighted by Crippen LogP contribution is -1.95. The molecule has 18 heavy (non-hydrogen) atoms.